The second-order valence-electron chi connectivity index (χ2n) is 10.2. The van der Waals surface area contributed by atoms with Crippen LogP contribution < -0.4 is 70.8 Å². The fourth-order valence-electron chi connectivity index (χ4n) is 4.96. The van der Waals surface area contributed by atoms with Gasteiger partial charge in [0.05, 0.1) is 0 Å². The van der Waals surface area contributed by atoms with Gasteiger partial charge in [0, 0.05) is 0 Å². The van der Waals surface area contributed by atoms with Gasteiger partial charge in [-0.25, -0.2) is 0 Å². The van der Waals surface area contributed by atoms with Crippen molar-refractivity contribution < 1.29 is 80.6 Å². The van der Waals surface area contributed by atoms with E-state index in [9.17, 15) is 0 Å². The van der Waals surface area contributed by atoms with Gasteiger partial charge in [-0.3, -0.25) is 0 Å². The monoisotopic (exact) mass is 834 g/mol. The number of halogens is 4. The molecule has 0 aromatic heterocycles. The van der Waals surface area contributed by atoms with E-state index in [1.807, 2.05) is 12.1 Å². The molecule has 0 amide bonds. The number of benzene rings is 6. The summed E-state index contributed by atoms with van der Waals surface area (Å²) in [7, 11) is -0.815. The Labute approximate surface area is 330 Å². The number of hydrogen-bond donors (Lipinski definition) is 0. The van der Waals surface area contributed by atoms with Gasteiger partial charge in [-0.15, -0.1) is 0 Å². The van der Waals surface area contributed by atoms with Crippen molar-refractivity contribution in [2.24, 2.45) is 0 Å². The van der Waals surface area contributed by atoms with Gasteiger partial charge in [-0.1, -0.05) is 0 Å². The van der Waals surface area contributed by atoms with Gasteiger partial charge < -0.3 is 49.6 Å². The van der Waals surface area contributed by atoms with Crippen molar-refractivity contribution in [1.82, 2.24) is 0 Å². The van der Waals surface area contributed by atoms with Crippen molar-refractivity contribution in [1.29, 1.82) is 0 Å². The summed E-state index contributed by atoms with van der Waals surface area (Å²) in [6, 6.07) is 64.2. The first-order chi connectivity index (χ1) is 21.7. The molecule has 0 N–H and O–H groups in total. The predicted molar refractivity (Wildman–Crippen MR) is 186 cm³/mol. The molecule has 0 saturated carbocycles. The van der Waals surface area contributed by atoms with E-state index in [-0.39, 0.29) is 59.4 Å². The van der Waals surface area contributed by atoms with Crippen LogP contribution in [0, 0.1) is 0 Å². The Hall–Kier alpha value is -1.67. The van der Waals surface area contributed by atoms with Crippen LogP contribution in [0.5, 0.6) is 0 Å². The average molecular weight is 838 g/mol. The molecular formula is C40H36Cl4Ni2P2. The molecule has 0 radical (unpaired) electrons. The Morgan fingerprint density at radius 1 is 0.312 bits per heavy atom. The van der Waals surface area contributed by atoms with Crippen LogP contribution in [0.15, 0.2) is 182 Å². The SMILES string of the molecule is [Cl-].[Cl-].[Cl-].[Cl-].[Ni+2][C@@H](CP(c1ccccc1)c1ccccc1)c1ccccc1.[Ni+2][CH](CP(c1ccccc1)c1ccccc1)c1ccccc1. The first-order valence-electron chi connectivity index (χ1n) is 14.7. The van der Waals surface area contributed by atoms with Crippen LogP contribution in [-0.4, -0.2) is 12.3 Å². The molecule has 0 aliphatic heterocycles. The van der Waals surface area contributed by atoms with E-state index in [1.54, 1.807) is 0 Å². The molecule has 0 bridgehead atoms. The van der Waals surface area contributed by atoms with Crippen LogP contribution in [0.25, 0.3) is 0 Å². The van der Waals surface area contributed by atoms with Crippen LogP contribution in [0.3, 0.4) is 0 Å². The van der Waals surface area contributed by atoms with Gasteiger partial charge in [0.25, 0.3) is 0 Å². The van der Waals surface area contributed by atoms with Gasteiger partial charge in [-0.05, 0) is 0 Å². The zero-order valence-electron chi connectivity index (χ0n) is 25.9. The average Bonchev–Trinajstić information content (AvgIpc) is 3.12. The molecular weight excluding hydrogens is 802 g/mol. The molecule has 0 spiro atoms. The summed E-state index contributed by atoms with van der Waals surface area (Å²) in [6.07, 6.45) is 2.04. The molecule has 6 aromatic carbocycles. The van der Waals surface area contributed by atoms with Crippen LogP contribution in [0.4, 0.5) is 0 Å². The van der Waals surface area contributed by atoms with E-state index in [2.05, 4.69) is 170 Å². The first-order valence-corrected chi connectivity index (χ1v) is 18.9. The zero-order chi connectivity index (χ0) is 30.4. The summed E-state index contributed by atoms with van der Waals surface area (Å²) in [4.78, 5) is 0.375. The third-order valence-corrected chi connectivity index (χ3v) is 14.0. The van der Waals surface area contributed by atoms with Crippen molar-refractivity contribution in [3.8, 4) is 0 Å². The Morgan fingerprint density at radius 3 is 0.708 bits per heavy atom. The second-order valence-corrected chi connectivity index (χ2v) is 16.1. The summed E-state index contributed by atoms with van der Waals surface area (Å²) in [5.74, 6) is 0. The quantitative estimate of drug-likeness (QED) is 0.101. The molecule has 48 heavy (non-hydrogen) atoms. The normalized spacial score (nSPS) is 11.2. The molecule has 0 nitrogen and oxygen atoms in total. The summed E-state index contributed by atoms with van der Waals surface area (Å²) >= 11 is 10.9. The standard InChI is InChI=1S/2C20H18P.4ClH.2Ni/c2*1-4-10-18(11-5-1)16-17-21(19-12-6-2-7-13-19)20-14-8-3-9-15-20;;;;;;/h2*1-16H,17H2;4*1H;;/q;;;;;;2*+2/p-4. The molecule has 8 heteroatoms. The van der Waals surface area contributed by atoms with Crippen molar-refractivity contribution in [2.75, 3.05) is 12.3 Å². The minimum absolute atomic E-state index is 0. The summed E-state index contributed by atoms with van der Waals surface area (Å²) in [5.41, 5.74) is 2.53. The molecule has 0 saturated heterocycles. The number of hydrogen-bond acceptors (Lipinski definition) is 0. The predicted octanol–water partition coefficient (Wildman–Crippen LogP) is -3.17. The number of rotatable bonds is 10. The Balaban J connectivity index is 0.000000443. The molecule has 2 atom stereocenters. The molecule has 0 aliphatic carbocycles. The van der Waals surface area contributed by atoms with E-state index in [0.29, 0.717) is 0 Å². The Kier molecular flexibility index (Phi) is 22.6. The van der Waals surface area contributed by atoms with E-state index in [1.165, 1.54) is 32.3 Å². The van der Waals surface area contributed by atoms with E-state index < -0.39 is 15.8 Å². The van der Waals surface area contributed by atoms with Crippen molar-refractivity contribution in [2.45, 2.75) is 9.78 Å². The van der Waals surface area contributed by atoms with Gasteiger partial charge in [0.2, 0.25) is 0 Å². The van der Waals surface area contributed by atoms with Crippen LogP contribution in [0.1, 0.15) is 20.9 Å². The molecule has 0 fully saturated rings. The minimum atomic E-state index is -0.408. The van der Waals surface area contributed by atoms with Crippen LogP contribution >= 0.6 is 15.8 Å². The van der Waals surface area contributed by atoms with Crippen molar-refractivity contribution >= 4 is 37.1 Å². The van der Waals surface area contributed by atoms with Crippen LogP contribution in [-0.2, 0) is 30.9 Å². The van der Waals surface area contributed by atoms with E-state index in [4.69, 9.17) is 30.9 Å². The molecule has 6 aromatic rings. The second kappa shape index (κ2) is 24.5. The molecule has 6 rings (SSSR count). The van der Waals surface area contributed by atoms with Crippen molar-refractivity contribution in [3.63, 3.8) is 0 Å². The third kappa shape index (κ3) is 13.6. The fourth-order valence-corrected chi connectivity index (χ4v) is 11.0. The molecule has 1 unspecified atom stereocenters. The van der Waals surface area contributed by atoms with Gasteiger partial charge in [0.15, 0.2) is 0 Å². The molecule has 0 aliphatic rings. The molecule has 0 heterocycles. The van der Waals surface area contributed by atoms with Gasteiger partial charge in [-0.2, -0.15) is 0 Å². The summed E-state index contributed by atoms with van der Waals surface area (Å²) in [5, 5.41) is 5.62. The maximum absolute atomic E-state index is 5.45. The Bertz CT molecular complexity index is 1430. The zero-order valence-corrected chi connectivity index (χ0v) is 32.7. The maximum atomic E-state index is 5.45. The van der Waals surface area contributed by atoms with Gasteiger partial charge >= 0.3 is 283 Å². The summed E-state index contributed by atoms with van der Waals surface area (Å²) in [6.45, 7) is 0. The van der Waals surface area contributed by atoms with E-state index in [0.717, 1.165) is 12.3 Å². The molecule has 254 valence electrons. The fraction of sp³-hybridized carbons (Fsp3) is 0.100. The third-order valence-electron chi connectivity index (χ3n) is 7.22. The van der Waals surface area contributed by atoms with Crippen molar-refractivity contribution in [3.05, 3.63) is 193 Å². The summed E-state index contributed by atoms with van der Waals surface area (Å²) < 4.78 is 0. The van der Waals surface area contributed by atoms with Crippen LogP contribution in [0.2, 0.25) is 0 Å². The topological polar surface area (TPSA) is 0 Å². The first kappa shape index (κ1) is 44.3. The van der Waals surface area contributed by atoms with Gasteiger partial charge in [0.1, 0.15) is 0 Å². The van der Waals surface area contributed by atoms with E-state index >= 15 is 0 Å². The Morgan fingerprint density at radius 2 is 0.500 bits per heavy atom.